The van der Waals surface area contributed by atoms with Crippen molar-refractivity contribution in [1.29, 1.82) is 0 Å². The Bertz CT molecular complexity index is 407. The summed E-state index contributed by atoms with van der Waals surface area (Å²) in [6.07, 6.45) is -6.33. The van der Waals surface area contributed by atoms with E-state index >= 15 is 0 Å². The molecule has 1 aliphatic rings. The fourth-order valence-corrected chi connectivity index (χ4v) is 1.84. The van der Waals surface area contributed by atoms with Gasteiger partial charge in [0.15, 0.2) is 11.6 Å². The molecule has 116 valence electrons. The number of amides is 1. The Morgan fingerprint density at radius 2 is 1.90 bits per heavy atom. The van der Waals surface area contributed by atoms with Gasteiger partial charge in [0, 0.05) is 0 Å². The van der Waals surface area contributed by atoms with Crippen LogP contribution in [0.3, 0.4) is 0 Å². The van der Waals surface area contributed by atoms with Crippen molar-refractivity contribution in [3.05, 3.63) is 0 Å². The van der Waals surface area contributed by atoms with E-state index in [-0.39, 0.29) is 0 Å². The molecule has 0 aromatic heterocycles. The molecule has 1 saturated carbocycles. The van der Waals surface area contributed by atoms with E-state index in [1.807, 2.05) is 5.32 Å². The first-order chi connectivity index (χ1) is 8.92. The van der Waals surface area contributed by atoms with Crippen LogP contribution in [-0.2, 0) is 14.3 Å². The molecule has 20 heavy (non-hydrogen) atoms. The van der Waals surface area contributed by atoms with Crippen LogP contribution in [0, 0.1) is 5.92 Å². The van der Waals surface area contributed by atoms with Crippen LogP contribution in [0.1, 0.15) is 27.2 Å². The van der Waals surface area contributed by atoms with Gasteiger partial charge in [0.05, 0.1) is 5.92 Å². The van der Waals surface area contributed by atoms with Crippen molar-refractivity contribution in [1.82, 2.24) is 5.32 Å². The number of carbonyl (C=O) groups excluding carboxylic acids is 2. The average molecular weight is 318 g/mol. The highest BCUT2D eigenvalue weighted by Crippen LogP contribution is 2.54. The minimum atomic E-state index is -4.62. The van der Waals surface area contributed by atoms with Crippen LogP contribution in [0.5, 0.6) is 0 Å². The van der Waals surface area contributed by atoms with Gasteiger partial charge >= 0.3 is 18.2 Å². The maximum Gasteiger partial charge on any atom is 0.408 e. The van der Waals surface area contributed by atoms with Gasteiger partial charge in [-0.25, -0.2) is 9.59 Å². The predicted octanol–water partition coefficient (Wildman–Crippen LogP) is 2.57. The largest absolute Gasteiger partial charge is 0.448 e. The van der Waals surface area contributed by atoms with Gasteiger partial charge in [-0.15, -0.1) is 0 Å². The van der Waals surface area contributed by atoms with Gasteiger partial charge in [0.2, 0.25) is 0 Å². The quantitative estimate of drug-likeness (QED) is 0.642. The molecule has 2 atom stereocenters. The number of esters is 1. The van der Waals surface area contributed by atoms with E-state index in [2.05, 4.69) is 4.74 Å². The summed E-state index contributed by atoms with van der Waals surface area (Å²) >= 11 is 5.17. The Balaban J connectivity index is 2.83. The normalized spacial score (nSPS) is 25.9. The summed E-state index contributed by atoms with van der Waals surface area (Å²) in [5.41, 5.74) is -3.04. The molecule has 0 heterocycles. The number of halogens is 4. The Morgan fingerprint density at radius 3 is 2.25 bits per heavy atom. The summed E-state index contributed by atoms with van der Waals surface area (Å²) in [5.74, 6) is -3.22. The summed E-state index contributed by atoms with van der Waals surface area (Å²) in [6, 6.07) is -0.596. The van der Waals surface area contributed by atoms with E-state index in [0.29, 0.717) is 0 Å². The first kappa shape index (κ1) is 16.9. The van der Waals surface area contributed by atoms with Gasteiger partial charge in [-0.1, -0.05) is 11.6 Å². The third-order valence-corrected chi connectivity index (χ3v) is 2.74. The Kier molecular flexibility index (Phi) is 4.48. The lowest BCUT2D eigenvalue weighted by atomic mass is 10.2. The summed E-state index contributed by atoms with van der Waals surface area (Å²) in [7, 11) is 0. The zero-order valence-electron chi connectivity index (χ0n) is 11.1. The SMILES string of the molecule is CC(C)(C)OC(=O)N[C@@]1(C(=O)OCCl)C[C@@H]1C(F)(F)F. The Morgan fingerprint density at radius 1 is 1.35 bits per heavy atom. The zero-order valence-corrected chi connectivity index (χ0v) is 11.9. The Labute approximate surface area is 118 Å². The first-order valence-corrected chi connectivity index (χ1v) is 6.27. The van der Waals surface area contributed by atoms with E-state index in [4.69, 9.17) is 16.3 Å². The molecule has 1 amide bonds. The second kappa shape index (κ2) is 5.31. The maximum absolute atomic E-state index is 12.7. The number of ether oxygens (including phenoxy) is 2. The lowest BCUT2D eigenvalue weighted by Gasteiger charge is -2.23. The van der Waals surface area contributed by atoms with Crippen LogP contribution in [0.15, 0.2) is 0 Å². The average Bonchev–Trinajstić information content (AvgIpc) is 2.90. The number of rotatable bonds is 3. The van der Waals surface area contributed by atoms with Gasteiger partial charge < -0.3 is 14.8 Å². The second-order valence-corrected chi connectivity index (χ2v) is 5.66. The monoisotopic (exact) mass is 317 g/mol. The van der Waals surface area contributed by atoms with Gasteiger partial charge in [0.1, 0.15) is 5.60 Å². The zero-order chi connectivity index (χ0) is 15.8. The molecule has 0 spiro atoms. The third kappa shape index (κ3) is 3.91. The molecule has 0 aromatic rings. The van der Waals surface area contributed by atoms with Gasteiger partial charge in [-0.2, -0.15) is 13.2 Å². The van der Waals surface area contributed by atoms with Gasteiger partial charge in [0.25, 0.3) is 0 Å². The predicted molar refractivity (Wildman–Crippen MR) is 63.1 cm³/mol. The molecular weight excluding hydrogens is 303 g/mol. The van der Waals surface area contributed by atoms with Crippen LogP contribution in [0.25, 0.3) is 0 Å². The Hall–Kier alpha value is -1.18. The standard InChI is InChI=1S/C11H15ClF3NO4/c1-9(2,3)20-8(18)16-10(7(17)19-5-12)4-6(10)11(13,14)15/h6H,4-5H2,1-3H3,(H,16,18)/t6-,10-/m0/s1. The van der Waals surface area contributed by atoms with Crippen LogP contribution in [0.4, 0.5) is 18.0 Å². The van der Waals surface area contributed by atoms with Crippen LogP contribution in [-0.4, -0.2) is 35.4 Å². The lowest BCUT2D eigenvalue weighted by Crippen LogP contribution is -2.49. The molecule has 0 aliphatic heterocycles. The first-order valence-electron chi connectivity index (χ1n) is 5.73. The topological polar surface area (TPSA) is 64.6 Å². The van der Waals surface area contributed by atoms with Gasteiger partial charge in [-0.05, 0) is 27.2 Å². The van der Waals surface area contributed by atoms with Crippen LogP contribution >= 0.6 is 11.6 Å². The fourth-order valence-electron chi connectivity index (χ4n) is 1.74. The molecule has 9 heteroatoms. The van der Waals surface area contributed by atoms with E-state index in [0.717, 1.165) is 0 Å². The highest BCUT2D eigenvalue weighted by atomic mass is 35.5. The summed E-state index contributed by atoms with van der Waals surface area (Å²) < 4.78 is 47.3. The molecule has 1 rings (SSSR count). The minimum absolute atomic E-state index is 0.592. The molecule has 1 fully saturated rings. The molecular formula is C11H15ClF3NO4. The minimum Gasteiger partial charge on any atom is -0.448 e. The van der Waals surface area contributed by atoms with Crippen molar-refractivity contribution in [2.75, 3.05) is 6.07 Å². The number of carbonyl (C=O) groups is 2. The highest BCUT2D eigenvalue weighted by molar-refractivity contribution is 6.17. The van der Waals surface area contributed by atoms with Crippen molar-refractivity contribution < 1.29 is 32.2 Å². The smallest absolute Gasteiger partial charge is 0.408 e. The number of alkyl carbamates (subject to hydrolysis) is 1. The maximum atomic E-state index is 12.7. The van der Waals surface area contributed by atoms with E-state index in [1.54, 1.807) is 20.8 Å². The fraction of sp³-hybridized carbons (Fsp3) is 0.818. The van der Waals surface area contributed by atoms with Crippen molar-refractivity contribution >= 4 is 23.7 Å². The van der Waals surface area contributed by atoms with Crippen molar-refractivity contribution in [3.63, 3.8) is 0 Å². The number of hydrogen-bond acceptors (Lipinski definition) is 4. The molecule has 0 aromatic carbocycles. The number of alkyl halides is 4. The second-order valence-electron chi connectivity index (χ2n) is 5.44. The number of nitrogens with one attached hydrogen (secondary N) is 1. The van der Waals surface area contributed by atoms with E-state index in [1.165, 1.54) is 0 Å². The van der Waals surface area contributed by atoms with E-state index in [9.17, 15) is 22.8 Å². The van der Waals surface area contributed by atoms with E-state index < -0.39 is 47.8 Å². The third-order valence-electron chi connectivity index (χ3n) is 2.63. The molecule has 0 saturated heterocycles. The lowest BCUT2D eigenvalue weighted by molar-refractivity contribution is -0.165. The van der Waals surface area contributed by atoms with Crippen molar-refractivity contribution in [2.24, 2.45) is 5.92 Å². The van der Waals surface area contributed by atoms with Crippen LogP contribution < -0.4 is 5.32 Å². The molecule has 1 N–H and O–H groups in total. The molecule has 0 bridgehead atoms. The molecule has 0 radical (unpaired) electrons. The molecule has 1 aliphatic carbocycles. The summed E-state index contributed by atoms with van der Waals surface area (Å²) in [6.45, 7) is 4.64. The van der Waals surface area contributed by atoms with Crippen LogP contribution in [0.2, 0.25) is 0 Å². The summed E-state index contributed by atoms with van der Waals surface area (Å²) in [4.78, 5) is 23.2. The molecule has 5 nitrogen and oxygen atoms in total. The summed E-state index contributed by atoms with van der Waals surface area (Å²) in [5, 5.41) is 1.95. The molecule has 0 unspecified atom stereocenters. The highest BCUT2D eigenvalue weighted by Gasteiger charge is 2.73. The van der Waals surface area contributed by atoms with Crippen molar-refractivity contribution in [3.8, 4) is 0 Å². The van der Waals surface area contributed by atoms with Gasteiger partial charge in [-0.3, -0.25) is 0 Å². The number of hydrogen-bond donors (Lipinski definition) is 1. The van der Waals surface area contributed by atoms with Crippen molar-refractivity contribution in [2.45, 2.75) is 44.5 Å².